The largest absolute Gasteiger partial charge is 0.455 e. The summed E-state index contributed by atoms with van der Waals surface area (Å²) in [5.74, 6) is 4.51. The minimum absolute atomic E-state index is 0. The molecule has 5 aromatic carbocycles. The van der Waals surface area contributed by atoms with Crippen LogP contribution in [-0.4, -0.2) is 23.0 Å². The third-order valence-electron chi connectivity index (χ3n) is 17.6. The van der Waals surface area contributed by atoms with Crippen molar-refractivity contribution in [2.75, 3.05) is 0 Å². The first kappa shape index (κ1) is 54.6. The topological polar surface area (TPSA) is 51.8 Å². The predicted molar refractivity (Wildman–Crippen MR) is 323 cm³/mol. The molecule has 6 heteroatoms. The molecule has 0 N–H and O–H groups in total. The molecule has 0 saturated heterocycles. The van der Waals surface area contributed by atoms with Gasteiger partial charge in [-0.25, -0.2) is 0 Å². The Bertz CT molecular complexity index is 3290. The first-order valence-corrected chi connectivity index (χ1v) is 32.8. The normalized spacial score (nSPS) is 18.7. The molecule has 14 rings (SSSR count). The number of aromatic nitrogens is 3. The van der Waals surface area contributed by atoms with Crippen molar-refractivity contribution in [3.8, 4) is 44.9 Å². The molecule has 5 aliphatic carbocycles. The van der Waals surface area contributed by atoms with E-state index in [1.807, 2.05) is 12.4 Å². The first-order chi connectivity index (χ1) is 37.3. The monoisotopic (exact) mass is 1210 g/mol. The summed E-state index contributed by atoms with van der Waals surface area (Å²) in [5, 5.41) is 3.89. The fourth-order valence-corrected chi connectivity index (χ4v) is 15.2. The van der Waals surface area contributed by atoms with Crippen molar-refractivity contribution in [2.24, 2.45) is 29.6 Å². The van der Waals surface area contributed by atoms with Gasteiger partial charge in [0.05, 0.1) is 25.2 Å². The Kier molecular flexibility index (Phi) is 18.3. The molecular formula is C71H79IrN3OSi. The maximum Gasteiger partial charge on any atom is 0.144 e. The average molecular weight is 1210 g/mol. The number of hydrogen-bond donors (Lipinski definition) is 0. The van der Waals surface area contributed by atoms with Gasteiger partial charge in [-0.2, -0.15) is 0 Å². The van der Waals surface area contributed by atoms with Gasteiger partial charge in [0, 0.05) is 66.2 Å². The van der Waals surface area contributed by atoms with Crippen LogP contribution in [0.5, 0.6) is 0 Å². The van der Waals surface area contributed by atoms with Crippen LogP contribution in [0.3, 0.4) is 0 Å². The van der Waals surface area contributed by atoms with Crippen LogP contribution in [0.2, 0.25) is 19.6 Å². The first-order valence-electron chi connectivity index (χ1n) is 29.3. The zero-order valence-corrected chi connectivity index (χ0v) is 49.3. The molecule has 5 saturated carbocycles. The quantitative estimate of drug-likeness (QED) is 0.121. The predicted octanol–water partition coefficient (Wildman–Crippen LogP) is 19.0. The molecule has 4 aromatic heterocycles. The van der Waals surface area contributed by atoms with E-state index in [0.717, 1.165) is 68.8 Å². The van der Waals surface area contributed by atoms with Crippen molar-refractivity contribution >= 4 is 35.2 Å². The smallest absolute Gasteiger partial charge is 0.144 e. The van der Waals surface area contributed by atoms with E-state index >= 15 is 0 Å². The second kappa shape index (κ2) is 25.8. The van der Waals surface area contributed by atoms with Gasteiger partial charge in [0.15, 0.2) is 0 Å². The van der Waals surface area contributed by atoms with Crippen LogP contribution >= 0.6 is 0 Å². The van der Waals surface area contributed by atoms with Crippen LogP contribution in [0.25, 0.3) is 66.8 Å². The van der Waals surface area contributed by atoms with E-state index in [-0.39, 0.29) is 20.1 Å². The molecule has 0 spiro atoms. The van der Waals surface area contributed by atoms with Crippen LogP contribution in [0.15, 0.2) is 181 Å². The number of fused-ring (bicyclic) bond motifs is 6. The van der Waals surface area contributed by atoms with Gasteiger partial charge in [-0.1, -0.05) is 212 Å². The van der Waals surface area contributed by atoms with E-state index in [0.29, 0.717) is 0 Å². The molecule has 4 nitrogen and oxygen atoms in total. The fraction of sp³-hybridized carbons (Fsp3) is 0.366. The van der Waals surface area contributed by atoms with Crippen molar-refractivity contribution in [2.45, 2.75) is 135 Å². The molecule has 1 atom stereocenters. The number of nitrogens with zero attached hydrogens (tertiary/aromatic N) is 3. The van der Waals surface area contributed by atoms with Crippen molar-refractivity contribution < 1.29 is 24.5 Å². The Morgan fingerprint density at radius 3 is 1.64 bits per heavy atom. The SMILES string of the molecule is C[Si](C)(C)c1cnc(-c2ccccc2)cc1CC1CCCCC1.[Ir].c1ccc(-c2cc(CC3CCCCC3)ccn2)cc1.c1ccc(-c2cccc3oc4c(-c5cc(CC6CC7CCC6CC7)ccn5)cccc4c23)cc1. The summed E-state index contributed by atoms with van der Waals surface area (Å²) in [6, 6.07) is 55.8. The summed E-state index contributed by atoms with van der Waals surface area (Å²) in [5.41, 5.74) is 15.5. The molecule has 0 amide bonds. The fourth-order valence-electron chi connectivity index (χ4n) is 13.6. The van der Waals surface area contributed by atoms with Gasteiger partial charge in [0.25, 0.3) is 0 Å². The molecule has 5 aliphatic rings. The van der Waals surface area contributed by atoms with Gasteiger partial charge < -0.3 is 4.42 Å². The summed E-state index contributed by atoms with van der Waals surface area (Å²) in [6.07, 6.45) is 31.2. The summed E-state index contributed by atoms with van der Waals surface area (Å²) in [6.45, 7) is 7.32. The Morgan fingerprint density at radius 2 is 1.03 bits per heavy atom. The van der Waals surface area contributed by atoms with Crippen molar-refractivity contribution in [3.05, 3.63) is 193 Å². The maximum absolute atomic E-state index is 6.49. The second-order valence-electron chi connectivity index (χ2n) is 24.0. The molecule has 1 unspecified atom stereocenters. The van der Waals surface area contributed by atoms with Gasteiger partial charge in [-0.3, -0.25) is 15.0 Å². The summed E-state index contributed by atoms with van der Waals surface area (Å²) in [4.78, 5) is 14.1. The third-order valence-corrected chi connectivity index (χ3v) is 19.7. The molecule has 5 fully saturated rings. The Hall–Kier alpha value is -5.78. The zero-order chi connectivity index (χ0) is 51.7. The minimum Gasteiger partial charge on any atom is -0.455 e. The third kappa shape index (κ3) is 13.6. The van der Waals surface area contributed by atoms with Gasteiger partial charge >= 0.3 is 0 Å². The Balaban J connectivity index is 0.000000137. The molecule has 9 aromatic rings. The van der Waals surface area contributed by atoms with Crippen LogP contribution in [-0.2, 0) is 39.4 Å². The molecule has 1 radical (unpaired) electrons. The molecule has 397 valence electrons. The molecule has 4 heterocycles. The minimum atomic E-state index is -1.35. The average Bonchev–Trinajstić information content (AvgIpc) is 3.93. The second-order valence-corrected chi connectivity index (χ2v) is 29.1. The number of para-hydroxylation sites is 1. The number of benzene rings is 5. The maximum atomic E-state index is 6.49. The van der Waals surface area contributed by atoms with Crippen molar-refractivity contribution in [1.82, 2.24) is 15.0 Å². The number of furan rings is 1. The molecular weight excluding hydrogens is 1130 g/mol. The number of rotatable bonds is 11. The van der Waals surface area contributed by atoms with E-state index < -0.39 is 8.07 Å². The number of hydrogen-bond acceptors (Lipinski definition) is 4. The summed E-state index contributed by atoms with van der Waals surface area (Å²) < 4.78 is 6.49. The van der Waals surface area contributed by atoms with E-state index in [9.17, 15) is 0 Å². The molecule has 77 heavy (non-hydrogen) atoms. The summed E-state index contributed by atoms with van der Waals surface area (Å²) >= 11 is 0. The number of pyridine rings is 3. The Labute approximate surface area is 474 Å². The van der Waals surface area contributed by atoms with Gasteiger partial charge in [-0.05, 0) is 144 Å². The van der Waals surface area contributed by atoms with Crippen LogP contribution in [0, 0.1) is 29.6 Å². The van der Waals surface area contributed by atoms with Crippen molar-refractivity contribution in [3.63, 3.8) is 0 Å². The van der Waals surface area contributed by atoms with Crippen molar-refractivity contribution in [1.29, 1.82) is 0 Å². The van der Waals surface area contributed by atoms with Crippen LogP contribution in [0.4, 0.5) is 0 Å². The molecule has 2 bridgehead atoms. The van der Waals surface area contributed by atoms with Gasteiger partial charge in [-0.15, -0.1) is 0 Å². The van der Waals surface area contributed by atoms with E-state index in [4.69, 9.17) is 14.4 Å². The van der Waals surface area contributed by atoms with E-state index in [2.05, 4.69) is 189 Å². The van der Waals surface area contributed by atoms with Crippen LogP contribution < -0.4 is 5.19 Å². The zero-order valence-electron chi connectivity index (χ0n) is 45.9. The Morgan fingerprint density at radius 1 is 0.481 bits per heavy atom. The van der Waals surface area contributed by atoms with Gasteiger partial charge in [0.2, 0.25) is 0 Å². The van der Waals surface area contributed by atoms with E-state index in [1.165, 1.54) is 154 Å². The molecule has 0 aliphatic heterocycles. The van der Waals surface area contributed by atoms with E-state index in [1.54, 1.807) is 10.8 Å². The standard InChI is InChI=1S/C32H29NO.C21H29NSi.C18H21N.Ir/c1-2-6-24(7-3-1)26-8-5-11-30-31(26)28-10-4-9-27(32(28)34-30)29-20-22(16-17-33-29)19-25-18-21-12-14-23(25)15-13-21;1-23(2,3)21-16-22-20(18-12-8-5-9-13-18)15-19(21)14-17-10-6-4-7-11-17;1-3-7-15(8-4-1)13-16-11-12-19-18(14-16)17-9-5-2-6-10-17;/h1-11,16-17,20-21,23,25H,12-15,18-19H2;5,8-9,12-13,15-17H,4,6-7,10-11,14H2,1-3H3;2,5-6,9-12,14-15H,1,3-4,7-8,13H2;. The van der Waals surface area contributed by atoms with Crippen LogP contribution in [0.1, 0.15) is 113 Å². The summed E-state index contributed by atoms with van der Waals surface area (Å²) in [7, 11) is -1.35. The van der Waals surface area contributed by atoms with Gasteiger partial charge in [0.1, 0.15) is 11.2 Å².